The van der Waals surface area contributed by atoms with Gasteiger partial charge in [0.1, 0.15) is 11.5 Å². The third-order valence-corrected chi connectivity index (χ3v) is 4.35. The maximum Gasteiger partial charge on any atom is 0.170 e. The normalized spacial score (nSPS) is 17.5. The van der Waals surface area contributed by atoms with Gasteiger partial charge in [-0.3, -0.25) is 4.79 Å². The van der Waals surface area contributed by atoms with Gasteiger partial charge >= 0.3 is 0 Å². The average Bonchev–Trinajstić information content (AvgIpc) is 2.73. The van der Waals surface area contributed by atoms with Crippen molar-refractivity contribution in [2.75, 3.05) is 14.2 Å². The molecule has 3 nitrogen and oxygen atoms in total. The van der Waals surface area contributed by atoms with Crippen LogP contribution in [-0.4, -0.2) is 20.0 Å². The fraction of sp³-hybridized carbons (Fsp3) is 0.316. The molecule has 0 spiro atoms. The minimum atomic E-state index is -0.0689. The summed E-state index contributed by atoms with van der Waals surface area (Å²) in [5, 5.41) is 0. The molecule has 1 aliphatic carbocycles. The standard InChI is InChI=1S/C19H20O3/c1-21-15-8-6-13(7-9-15)17-5-3-4-14-12-16(22-2)10-11-18(14)19(17)20/h6-12,17H,3-5H2,1-2H3. The first-order valence-electron chi connectivity index (χ1n) is 7.58. The van der Waals surface area contributed by atoms with Crippen LogP contribution in [0.4, 0.5) is 0 Å². The predicted octanol–water partition coefficient (Wildman–Crippen LogP) is 4.01. The van der Waals surface area contributed by atoms with E-state index in [0.717, 1.165) is 47.5 Å². The number of ketones is 1. The van der Waals surface area contributed by atoms with Crippen molar-refractivity contribution >= 4 is 5.78 Å². The van der Waals surface area contributed by atoms with E-state index in [1.807, 2.05) is 42.5 Å². The summed E-state index contributed by atoms with van der Waals surface area (Å²) >= 11 is 0. The van der Waals surface area contributed by atoms with E-state index in [9.17, 15) is 4.79 Å². The average molecular weight is 296 g/mol. The molecular formula is C19H20O3. The molecule has 0 amide bonds. The zero-order valence-corrected chi connectivity index (χ0v) is 13.0. The highest BCUT2D eigenvalue weighted by atomic mass is 16.5. The molecule has 2 aromatic carbocycles. The molecule has 1 atom stereocenters. The van der Waals surface area contributed by atoms with Gasteiger partial charge in [0, 0.05) is 11.5 Å². The van der Waals surface area contributed by atoms with Crippen LogP contribution in [-0.2, 0) is 6.42 Å². The first-order chi connectivity index (χ1) is 10.7. The van der Waals surface area contributed by atoms with Gasteiger partial charge in [0.2, 0.25) is 0 Å². The number of benzene rings is 2. The molecule has 3 rings (SSSR count). The summed E-state index contributed by atoms with van der Waals surface area (Å²) in [7, 11) is 3.30. The molecule has 3 heteroatoms. The summed E-state index contributed by atoms with van der Waals surface area (Å²) in [5.41, 5.74) is 2.99. The zero-order chi connectivity index (χ0) is 15.5. The second-order valence-corrected chi connectivity index (χ2v) is 5.61. The maximum atomic E-state index is 12.9. The van der Waals surface area contributed by atoms with E-state index in [0.29, 0.717) is 0 Å². The minimum Gasteiger partial charge on any atom is -0.497 e. The van der Waals surface area contributed by atoms with Gasteiger partial charge in [-0.05, 0) is 60.7 Å². The van der Waals surface area contributed by atoms with Crippen LogP contribution in [0.15, 0.2) is 42.5 Å². The second kappa shape index (κ2) is 6.22. The summed E-state index contributed by atoms with van der Waals surface area (Å²) in [6.07, 6.45) is 2.80. The van der Waals surface area contributed by atoms with E-state index in [1.54, 1.807) is 14.2 Å². The number of rotatable bonds is 3. The first kappa shape index (κ1) is 14.6. The van der Waals surface area contributed by atoms with Crippen LogP contribution >= 0.6 is 0 Å². The smallest absolute Gasteiger partial charge is 0.170 e. The zero-order valence-electron chi connectivity index (χ0n) is 13.0. The van der Waals surface area contributed by atoms with Gasteiger partial charge in [0.25, 0.3) is 0 Å². The van der Waals surface area contributed by atoms with E-state index in [-0.39, 0.29) is 11.7 Å². The van der Waals surface area contributed by atoms with Crippen molar-refractivity contribution in [1.29, 1.82) is 0 Å². The van der Waals surface area contributed by atoms with Crippen molar-refractivity contribution in [3.63, 3.8) is 0 Å². The summed E-state index contributed by atoms with van der Waals surface area (Å²) in [4.78, 5) is 12.9. The Hall–Kier alpha value is -2.29. The van der Waals surface area contributed by atoms with Gasteiger partial charge in [-0.15, -0.1) is 0 Å². The minimum absolute atomic E-state index is 0.0689. The number of methoxy groups -OCH3 is 2. The number of Topliss-reactive ketones (excluding diaryl/α,β-unsaturated/α-hetero) is 1. The third-order valence-electron chi connectivity index (χ3n) is 4.35. The van der Waals surface area contributed by atoms with Crippen molar-refractivity contribution in [2.24, 2.45) is 0 Å². The fourth-order valence-electron chi connectivity index (χ4n) is 3.11. The SMILES string of the molecule is COc1ccc(C2CCCc3cc(OC)ccc3C2=O)cc1. The number of carbonyl (C=O) groups excluding carboxylic acids is 1. The van der Waals surface area contributed by atoms with Crippen LogP contribution in [0.3, 0.4) is 0 Å². The van der Waals surface area contributed by atoms with Gasteiger partial charge in [0.15, 0.2) is 5.78 Å². The fourth-order valence-corrected chi connectivity index (χ4v) is 3.11. The Morgan fingerprint density at radius 1 is 0.955 bits per heavy atom. The monoisotopic (exact) mass is 296 g/mol. The highest BCUT2D eigenvalue weighted by Crippen LogP contribution is 2.33. The van der Waals surface area contributed by atoms with E-state index < -0.39 is 0 Å². The Labute approximate surface area is 130 Å². The molecule has 0 saturated carbocycles. The number of carbonyl (C=O) groups is 1. The number of aryl methyl sites for hydroxylation is 1. The molecule has 0 aromatic heterocycles. The molecule has 0 bridgehead atoms. The Morgan fingerprint density at radius 3 is 2.32 bits per heavy atom. The molecule has 22 heavy (non-hydrogen) atoms. The van der Waals surface area contributed by atoms with Crippen molar-refractivity contribution in [3.8, 4) is 11.5 Å². The van der Waals surface area contributed by atoms with Gasteiger partial charge in [0.05, 0.1) is 14.2 Å². The molecule has 0 heterocycles. The van der Waals surface area contributed by atoms with Crippen LogP contribution in [0.2, 0.25) is 0 Å². The third kappa shape index (κ3) is 2.71. The van der Waals surface area contributed by atoms with Gasteiger partial charge in [-0.25, -0.2) is 0 Å². The first-order valence-corrected chi connectivity index (χ1v) is 7.58. The van der Waals surface area contributed by atoms with E-state index in [1.165, 1.54) is 0 Å². The van der Waals surface area contributed by atoms with Gasteiger partial charge in [-0.1, -0.05) is 12.1 Å². The van der Waals surface area contributed by atoms with Crippen LogP contribution in [0.5, 0.6) is 11.5 Å². The Kier molecular flexibility index (Phi) is 4.14. The van der Waals surface area contributed by atoms with E-state index in [2.05, 4.69) is 0 Å². The largest absolute Gasteiger partial charge is 0.497 e. The molecule has 0 radical (unpaired) electrons. The van der Waals surface area contributed by atoms with E-state index >= 15 is 0 Å². The summed E-state index contributed by atoms with van der Waals surface area (Å²) in [5.74, 6) is 1.77. The molecule has 114 valence electrons. The number of hydrogen-bond acceptors (Lipinski definition) is 3. The molecule has 0 fully saturated rings. The molecule has 0 aliphatic heterocycles. The number of ether oxygens (including phenoxy) is 2. The summed E-state index contributed by atoms with van der Waals surface area (Å²) in [6, 6.07) is 13.6. The van der Waals surface area contributed by atoms with Crippen molar-refractivity contribution in [3.05, 3.63) is 59.2 Å². The Balaban J connectivity index is 1.94. The molecule has 1 unspecified atom stereocenters. The maximum absolute atomic E-state index is 12.9. The van der Waals surface area contributed by atoms with Crippen LogP contribution in [0, 0.1) is 0 Å². The van der Waals surface area contributed by atoms with Gasteiger partial charge < -0.3 is 9.47 Å². The van der Waals surface area contributed by atoms with Gasteiger partial charge in [-0.2, -0.15) is 0 Å². The lowest BCUT2D eigenvalue weighted by atomic mass is 9.88. The highest BCUT2D eigenvalue weighted by Gasteiger charge is 2.27. The van der Waals surface area contributed by atoms with E-state index in [4.69, 9.17) is 9.47 Å². The predicted molar refractivity (Wildman–Crippen MR) is 86.0 cm³/mol. The topological polar surface area (TPSA) is 35.5 Å². The number of hydrogen-bond donors (Lipinski definition) is 0. The highest BCUT2D eigenvalue weighted by molar-refractivity contribution is 6.02. The lowest BCUT2D eigenvalue weighted by molar-refractivity contribution is 0.0957. The quantitative estimate of drug-likeness (QED) is 0.803. The van der Waals surface area contributed by atoms with Crippen LogP contribution < -0.4 is 9.47 Å². The van der Waals surface area contributed by atoms with Crippen LogP contribution in [0.25, 0.3) is 0 Å². The summed E-state index contributed by atoms with van der Waals surface area (Å²) < 4.78 is 10.5. The number of fused-ring (bicyclic) bond motifs is 1. The second-order valence-electron chi connectivity index (χ2n) is 5.61. The van der Waals surface area contributed by atoms with Crippen molar-refractivity contribution in [1.82, 2.24) is 0 Å². The van der Waals surface area contributed by atoms with Crippen molar-refractivity contribution < 1.29 is 14.3 Å². The molecule has 1 aliphatic rings. The molecule has 0 N–H and O–H groups in total. The lowest BCUT2D eigenvalue weighted by Crippen LogP contribution is -2.12. The lowest BCUT2D eigenvalue weighted by Gasteiger charge is -2.15. The van der Waals surface area contributed by atoms with Crippen molar-refractivity contribution in [2.45, 2.75) is 25.2 Å². The molecular weight excluding hydrogens is 276 g/mol. The molecule has 2 aromatic rings. The Morgan fingerprint density at radius 2 is 1.64 bits per heavy atom. The summed E-state index contributed by atoms with van der Waals surface area (Å²) in [6.45, 7) is 0. The molecule has 0 saturated heterocycles. The Bertz CT molecular complexity index is 674. The van der Waals surface area contributed by atoms with Crippen LogP contribution in [0.1, 0.15) is 40.2 Å².